The zero-order chi connectivity index (χ0) is 28.8. The molecule has 0 aromatic carbocycles. The van der Waals surface area contributed by atoms with Gasteiger partial charge in [0.1, 0.15) is 0 Å². The van der Waals surface area contributed by atoms with Crippen LogP contribution in [0.2, 0.25) is 0 Å². The Labute approximate surface area is 249 Å². The molecule has 0 aromatic heterocycles. The Morgan fingerprint density at radius 3 is 2.00 bits per heavy atom. The van der Waals surface area contributed by atoms with Crippen LogP contribution in [0.4, 0.5) is 4.39 Å². The van der Waals surface area contributed by atoms with Crippen molar-refractivity contribution in [2.45, 2.75) is 155 Å². The summed E-state index contributed by atoms with van der Waals surface area (Å²) in [5.41, 5.74) is 1.77. The number of carbonyl (C=O) groups excluding carboxylic acids is 2. The lowest BCUT2D eigenvalue weighted by Crippen LogP contribution is -2.51. The van der Waals surface area contributed by atoms with Gasteiger partial charge in [0.15, 0.2) is 17.7 Å². The standard InChI is InChI=1S/C36H57FO2S/c1-5-6-7-8-9-10-11-12-13-14-15-16-17-18-23-40-33-31(38)20-22-35(3)28-19-21-36(4)29(25-30(37)34(36)39)27(28)24-26(2)32(33)35/h27-30H,2,5-25H2,1,3-4H3/t27-,28+,29+,30-,35-,36+/m1/s1. The van der Waals surface area contributed by atoms with Gasteiger partial charge in [-0.3, -0.25) is 9.59 Å². The van der Waals surface area contributed by atoms with Crippen molar-refractivity contribution >= 4 is 23.3 Å². The van der Waals surface area contributed by atoms with Crippen LogP contribution >= 0.6 is 11.8 Å². The second-order valence-electron chi connectivity index (χ2n) is 14.2. The van der Waals surface area contributed by atoms with Crippen LogP contribution in [0.15, 0.2) is 22.6 Å². The summed E-state index contributed by atoms with van der Waals surface area (Å²) in [6, 6.07) is 0. The zero-order valence-corrected chi connectivity index (χ0v) is 26.8. The Morgan fingerprint density at radius 1 is 0.825 bits per heavy atom. The summed E-state index contributed by atoms with van der Waals surface area (Å²) in [6.45, 7) is 11.2. The third-order valence-electron chi connectivity index (χ3n) is 11.5. The highest BCUT2D eigenvalue weighted by molar-refractivity contribution is 8.04. The number of carbonyl (C=O) groups is 2. The maximum absolute atomic E-state index is 14.6. The van der Waals surface area contributed by atoms with Gasteiger partial charge < -0.3 is 0 Å². The molecule has 0 spiro atoms. The fourth-order valence-electron chi connectivity index (χ4n) is 9.07. The highest BCUT2D eigenvalue weighted by Crippen LogP contribution is 2.66. The Hall–Kier alpha value is -0.900. The summed E-state index contributed by atoms with van der Waals surface area (Å²) in [7, 11) is 0. The number of Topliss-reactive ketones (excluding diaryl/α,β-unsaturated/α-hetero) is 2. The highest BCUT2D eigenvalue weighted by Gasteiger charge is 2.62. The van der Waals surface area contributed by atoms with E-state index < -0.39 is 11.6 Å². The number of hydrogen-bond acceptors (Lipinski definition) is 3. The largest absolute Gasteiger partial charge is 0.296 e. The van der Waals surface area contributed by atoms with Crippen molar-refractivity contribution in [2.24, 2.45) is 28.6 Å². The van der Waals surface area contributed by atoms with Gasteiger partial charge in [-0.25, -0.2) is 4.39 Å². The molecule has 0 N–H and O–H groups in total. The molecule has 0 unspecified atom stereocenters. The molecule has 4 rings (SSSR count). The number of fused-ring (bicyclic) bond motifs is 5. The van der Waals surface area contributed by atoms with Crippen molar-refractivity contribution in [3.05, 3.63) is 22.6 Å². The molecular formula is C36H57FO2S. The molecule has 0 bridgehead atoms. The smallest absolute Gasteiger partial charge is 0.173 e. The predicted molar refractivity (Wildman–Crippen MR) is 168 cm³/mol. The van der Waals surface area contributed by atoms with E-state index in [-0.39, 0.29) is 17.1 Å². The molecule has 3 fully saturated rings. The summed E-state index contributed by atoms with van der Waals surface area (Å²) in [5.74, 6) is 2.02. The van der Waals surface area contributed by atoms with Gasteiger partial charge in [-0.05, 0) is 78.6 Å². The van der Waals surface area contributed by atoms with Crippen LogP contribution in [-0.2, 0) is 9.59 Å². The first-order chi connectivity index (χ1) is 19.2. The molecule has 0 aliphatic heterocycles. The van der Waals surface area contributed by atoms with Crippen LogP contribution in [-0.4, -0.2) is 23.5 Å². The second-order valence-corrected chi connectivity index (χ2v) is 15.3. The molecular weight excluding hydrogens is 515 g/mol. The SMILES string of the molecule is C=C1C[C@@H]2[C@H](CC[C@]3(C)C(=O)[C@H](F)C[C@@H]23)[C@@]2(C)CCC(=O)C(SCCCCCCCCCCCCCCCC)=C12. The van der Waals surface area contributed by atoms with E-state index in [1.165, 1.54) is 95.5 Å². The van der Waals surface area contributed by atoms with Gasteiger partial charge in [-0.15, -0.1) is 11.8 Å². The third kappa shape index (κ3) is 6.84. The first-order valence-corrected chi connectivity index (χ1v) is 18.0. The van der Waals surface area contributed by atoms with Crippen LogP contribution in [0.1, 0.15) is 149 Å². The topological polar surface area (TPSA) is 34.1 Å². The van der Waals surface area contributed by atoms with Gasteiger partial charge in [0.05, 0.1) is 4.91 Å². The lowest BCUT2D eigenvalue weighted by atomic mass is 9.46. The molecule has 4 heteroatoms. The number of alkyl halides is 1. The minimum Gasteiger partial charge on any atom is -0.296 e. The molecule has 226 valence electrons. The number of allylic oxidation sites excluding steroid dienone is 2. The molecule has 40 heavy (non-hydrogen) atoms. The average Bonchev–Trinajstić information content (AvgIpc) is 3.16. The van der Waals surface area contributed by atoms with Crippen LogP contribution in [0.5, 0.6) is 0 Å². The number of halogens is 1. The van der Waals surface area contributed by atoms with Crippen molar-refractivity contribution in [2.75, 3.05) is 5.75 Å². The van der Waals surface area contributed by atoms with Crippen LogP contribution in [0.25, 0.3) is 0 Å². The van der Waals surface area contributed by atoms with Crippen LogP contribution < -0.4 is 0 Å². The fourth-order valence-corrected chi connectivity index (χ4v) is 10.4. The van der Waals surface area contributed by atoms with Crippen molar-refractivity contribution < 1.29 is 14.0 Å². The van der Waals surface area contributed by atoms with E-state index in [0.717, 1.165) is 41.9 Å². The number of thioether (sulfide) groups is 1. The van der Waals surface area contributed by atoms with Gasteiger partial charge in [0.25, 0.3) is 0 Å². The summed E-state index contributed by atoms with van der Waals surface area (Å²) < 4.78 is 14.6. The number of ketones is 2. The third-order valence-corrected chi connectivity index (χ3v) is 12.7. The first-order valence-electron chi connectivity index (χ1n) is 17.0. The summed E-state index contributed by atoms with van der Waals surface area (Å²) >= 11 is 1.79. The van der Waals surface area contributed by atoms with Gasteiger partial charge >= 0.3 is 0 Å². The average molecular weight is 573 g/mol. The Bertz CT molecular complexity index is 939. The molecule has 0 heterocycles. The fraction of sp³-hybridized carbons (Fsp3) is 0.833. The minimum absolute atomic E-state index is 0.0650. The predicted octanol–water partition coefficient (Wildman–Crippen LogP) is 10.7. The quantitative estimate of drug-likeness (QED) is 0.173. The van der Waals surface area contributed by atoms with Crippen molar-refractivity contribution in [1.29, 1.82) is 0 Å². The lowest BCUT2D eigenvalue weighted by molar-refractivity contribution is -0.134. The zero-order valence-electron chi connectivity index (χ0n) is 26.0. The van der Waals surface area contributed by atoms with E-state index in [2.05, 4.69) is 20.4 Å². The van der Waals surface area contributed by atoms with Crippen molar-refractivity contribution in [3.8, 4) is 0 Å². The summed E-state index contributed by atoms with van der Waals surface area (Å²) in [6.07, 6.45) is 22.2. The maximum atomic E-state index is 14.6. The van der Waals surface area contributed by atoms with E-state index in [1.54, 1.807) is 11.8 Å². The Kier molecular flexibility index (Phi) is 11.6. The molecule has 2 nitrogen and oxygen atoms in total. The van der Waals surface area contributed by atoms with Crippen molar-refractivity contribution in [1.82, 2.24) is 0 Å². The highest BCUT2D eigenvalue weighted by atomic mass is 32.2. The number of unbranched alkanes of at least 4 members (excludes halogenated alkanes) is 13. The second kappa shape index (κ2) is 14.5. The maximum Gasteiger partial charge on any atom is 0.173 e. The van der Waals surface area contributed by atoms with Crippen molar-refractivity contribution in [3.63, 3.8) is 0 Å². The first kappa shape index (κ1) is 32.0. The normalized spacial score (nSPS) is 33.8. The Balaban J connectivity index is 1.21. The van der Waals surface area contributed by atoms with Gasteiger partial charge in [0.2, 0.25) is 0 Å². The monoisotopic (exact) mass is 572 g/mol. The molecule has 0 radical (unpaired) electrons. The molecule has 6 atom stereocenters. The molecule has 4 aliphatic rings. The number of hydrogen-bond donors (Lipinski definition) is 0. The lowest BCUT2D eigenvalue weighted by Gasteiger charge is -2.57. The van der Waals surface area contributed by atoms with Gasteiger partial charge in [-0.2, -0.15) is 0 Å². The van der Waals surface area contributed by atoms with E-state index in [1.807, 2.05) is 6.92 Å². The van der Waals surface area contributed by atoms with Crippen LogP contribution in [0, 0.1) is 28.6 Å². The van der Waals surface area contributed by atoms with E-state index >= 15 is 0 Å². The van der Waals surface area contributed by atoms with Crippen LogP contribution in [0.3, 0.4) is 0 Å². The summed E-state index contributed by atoms with van der Waals surface area (Å²) in [4.78, 5) is 26.9. The van der Waals surface area contributed by atoms with E-state index in [0.29, 0.717) is 30.5 Å². The van der Waals surface area contributed by atoms with E-state index in [4.69, 9.17) is 0 Å². The summed E-state index contributed by atoms with van der Waals surface area (Å²) in [5, 5.41) is 0. The molecule has 3 saturated carbocycles. The minimum atomic E-state index is -1.30. The number of rotatable bonds is 16. The van der Waals surface area contributed by atoms with Gasteiger partial charge in [-0.1, -0.05) is 111 Å². The molecule has 0 amide bonds. The Morgan fingerprint density at radius 2 is 1.40 bits per heavy atom. The molecule has 0 aromatic rings. The van der Waals surface area contributed by atoms with Gasteiger partial charge in [0, 0.05) is 11.8 Å². The van der Waals surface area contributed by atoms with E-state index in [9.17, 15) is 14.0 Å². The molecule has 0 saturated heterocycles. The molecule has 4 aliphatic carbocycles.